The van der Waals surface area contributed by atoms with Gasteiger partial charge in [-0.3, -0.25) is 19.2 Å². The summed E-state index contributed by atoms with van der Waals surface area (Å²) in [6.45, 7) is 11.2. The highest BCUT2D eigenvalue weighted by molar-refractivity contribution is 6.38. The molecule has 8 aliphatic rings. The minimum Gasteiger partial charge on any atom is -0.493 e. The predicted octanol–water partition coefficient (Wildman–Crippen LogP) is 8.99. The van der Waals surface area contributed by atoms with Crippen LogP contribution in [-0.4, -0.2) is 114 Å². The molecule has 0 bridgehead atoms. The Morgan fingerprint density at radius 1 is 0.650 bits per heavy atom. The van der Waals surface area contributed by atoms with Crippen molar-refractivity contribution in [3.05, 3.63) is 94.6 Å². The van der Waals surface area contributed by atoms with Crippen molar-refractivity contribution >= 4 is 68.1 Å². The summed E-state index contributed by atoms with van der Waals surface area (Å²) in [5.74, 6) is -0.00228. The number of ketones is 4. The number of aliphatic hydroxyl groups excluding tert-OH is 2. The maximum atomic E-state index is 14.0. The minimum absolute atomic E-state index is 0.00503. The molecule has 10 unspecified atom stereocenters. The number of ether oxygens (including phenoxy) is 4. The van der Waals surface area contributed by atoms with Crippen LogP contribution in [-0.2, 0) is 19.2 Å². The van der Waals surface area contributed by atoms with Crippen molar-refractivity contribution < 1.29 is 58.6 Å². The average molecular weight is 1130 g/mol. The quantitative estimate of drug-likeness (QED) is 0.116. The first-order valence-corrected chi connectivity index (χ1v) is 28.6. The van der Waals surface area contributed by atoms with Crippen molar-refractivity contribution in [3.63, 3.8) is 0 Å². The van der Waals surface area contributed by atoms with Gasteiger partial charge in [0.25, 0.3) is 0 Å². The summed E-state index contributed by atoms with van der Waals surface area (Å²) in [5.41, 5.74) is -2.68. The Labute approximate surface area is 475 Å². The average Bonchev–Trinajstić information content (AvgIpc) is 4.01. The van der Waals surface area contributed by atoms with Gasteiger partial charge in [-0.05, 0) is 129 Å². The Morgan fingerprint density at radius 3 is 1.60 bits per heavy atom. The fourth-order valence-corrected chi connectivity index (χ4v) is 18.2. The fourth-order valence-electron chi connectivity index (χ4n) is 17.7. The molecule has 2 aromatic heterocycles. The summed E-state index contributed by atoms with van der Waals surface area (Å²) in [6, 6.07) is 6.62. The lowest BCUT2D eigenvalue weighted by atomic mass is 9.46. The van der Waals surface area contributed by atoms with E-state index in [1.54, 1.807) is 55.7 Å². The topological polar surface area (TPSA) is 238 Å². The van der Waals surface area contributed by atoms with Crippen LogP contribution in [0.2, 0.25) is 10.0 Å². The van der Waals surface area contributed by atoms with E-state index in [0.717, 1.165) is 36.8 Å². The third-order valence-electron chi connectivity index (χ3n) is 21.4. The van der Waals surface area contributed by atoms with Crippen LogP contribution in [0.1, 0.15) is 92.9 Å². The highest BCUT2D eigenvalue weighted by atomic mass is 35.5. The maximum Gasteiger partial charge on any atom is 0.225 e. The molecule has 18 heteroatoms. The molecule has 0 saturated heterocycles. The van der Waals surface area contributed by atoms with E-state index in [2.05, 4.69) is 33.8 Å². The van der Waals surface area contributed by atoms with Gasteiger partial charge in [0.15, 0.2) is 36.3 Å². The lowest BCUT2D eigenvalue weighted by Gasteiger charge is -2.59. The second-order valence-electron chi connectivity index (χ2n) is 25.0. The number of aromatic nitrogens is 4. The van der Waals surface area contributed by atoms with Crippen molar-refractivity contribution in [2.24, 2.45) is 69.0 Å². The van der Waals surface area contributed by atoms with Gasteiger partial charge in [-0.25, -0.2) is 19.9 Å². The van der Waals surface area contributed by atoms with Gasteiger partial charge in [-0.15, -0.1) is 0 Å². The summed E-state index contributed by atoms with van der Waals surface area (Å²) in [4.78, 5) is 68.9. The van der Waals surface area contributed by atoms with E-state index in [-0.39, 0.29) is 90.3 Å². The number of Topliss-reactive ketones (excluding diaryl/α,β-unsaturated/α-hetero) is 2. The number of nitrogens with zero attached hydrogens (tertiary/aromatic N) is 4. The SMILES string of the molecule is COc1cc2ncnc(OCC(=O)[C@@]3(O)[C@H](C)CC4C5CCC6=CC(=O)C=CC6(C)C5[C@@H](O)CC43C)c2cc1OC.C[C@@H]1CC2C3CCC4=CC(=O)C=CC4(C)C3[C@@H](O)CC2(C)[C@@]1(O)C(=O)COc1ncnc2c(Cl)cc(Cl)cc12. The van der Waals surface area contributed by atoms with Crippen LogP contribution in [0.4, 0.5) is 0 Å². The number of carbonyl (C=O) groups excluding carboxylic acids is 4. The zero-order valence-electron chi connectivity index (χ0n) is 46.4. The molecule has 8 aliphatic carbocycles. The van der Waals surface area contributed by atoms with E-state index in [1.807, 2.05) is 39.8 Å². The minimum atomic E-state index is -1.68. The molecule has 2 heterocycles. The van der Waals surface area contributed by atoms with E-state index < -0.39 is 56.6 Å². The van der Waals surface area contributed by atoms with Crippen molar-refractivity contribution in [3.8, 4) is 23.3 Å². The van der Waals surface area contributed by atoms with Crippen LogP contribution in [0.3, 0.4) is 0 Å². The number of rotatable bonds is 10. The van der Waals surface area contributed by atoms with Gasteiger partial charge in [0.05, 0.1) is 53.3 Å². The third kappa shape index (κ3) is 8.33. The lowest BCUT2D eigenvalue weighted by Crippen LogP contribution is -2.63. The van der Waals surface area contributed by atoms with Crippen molar-refractivity contribution in [1.29, 1.82) is 0 Å². The summed E-state index contributed by atoms with van der Waals surface area (Å²) in [7, 11) is 3.07. The lowest BCUT2D eigenvalue weighted by molar-refractivity contribution is -0.183. The van der Waals surface area contributed by atoms with Crippen LogP contribution in [0, 0.1) is 69.0 Å². The Morgan fingerprint density at radius 2 is 1.11 bits per heavy atom. The molecular weight excluding hydrogens is 1060 g/mol. The van der Waals surface area contributed by atoms with Crippen LogP contribution < -0.4 is 18.9 Å². The van der Waals surface area contributed by atoms with Crippen LogP contribution in [0.15, 0.2) is 84.5 Å². The number of halogens is 2. The maximum absolute atomic E-state index is 14.0. The van der Waals surface area contributed by atoms with Crippen molar-refractivity contribution in [2.75, 3.05) is 27.4 Å². The van der Waals surface area contributed by atoms with E-state index in [0.29, 0.717) is 62.6 Å². The normalized spacial score (nSPS) is 38.3. The van der Waals surface area contributed by atoms with Crippen LogP contribution in [0.25, 0.3) is 21.8 Å². The zero-order valence-corrected chi connectivity index (χ0v) is 47.9. The molecule has 0 spiro atoms. The largest absolute Gasteiger partial charge is 0.493 e. The molecule has 4 aromatic rings. The van der Waals surface area contributed by atoms with Crippen LogP contribution in [0.5, 0.6) is 23.3 Å². The summed E-state index contributed by atoms with van der Waals surface area (Å²) in [6.07, 6.45) is 16.9. The van der Waals surface area contributed by atoms with E-state index >= 15 is 0 Å². The monoisotopic (exact) mass is 1130 g/mol. The molecule has 2 aromatic carbocycles. The Kier molecular flexibility index (Phi) is 14.1. The number of carbonyl (C=O) groups is 4. The number of methoxy groups -OCH3 is 2. The first kappa shape index (κ1) is 56.3. The fraction of sp³-hybridized carbons (Fsp3) is 0.548. The van der Waals surface area contributed by atoms with Crippen molar-refractivity contribution in [1.82, 2.24) is 19.9 Å². The molecule has 0 aliphatic heterocycles. The summed E-state index contributed by atoms with van der Waals surface area (Å²) < 4.78 is 22.6. The molecule has 16 nitrogen and oxygen atoms in total. The summed E-state index contributed by atoms with van der Waals surface area (Å²) in [5, 5.41) is 49.6. The number of benzene rings is 2. The van der Waals surface area contributed by atoms with E-state index in [4.69, 9.17) is 42.1 Å². The van der Waals surface area contributed by atoms with Gasteiger partial charge < -0.3 is 39.4 Å². The second-order valence-corrected chi connectivity index (χ2v) is 25.9. The standard InChI is InChI=1S/C32H38N2O7.C30H32Cl2N2O5/c1-17-10-22-20-7-6-18-11-19(35)8-9-30(18,2)28(20)24(36)14-31(22,3)32(17,38)27(37)15-41-29-21-12-25(39-4)26(40-5)13-23(21)33-16-34-29;1-15-8-21-19-5-4-16-9-18(35)6-7-28(16,2)25(19)23(36)12-29(21,3)30(15,38)24(37)13-39-27-20-10-17(31)11-22(32)26(20)33-14-34-27/h8-9,11-13,16-17,20,22,24,28,36,38H,6-7,10,14-15H2,1-5H3;6-7,9-11,14-15,19,21,23,25,36,38H,4-5,8,12-13H2,1-3H3/t17-,20?,22?,24+,28?,30?,31?,32+;15-,19?,21?,23+,25?,28?,29?,30+/m11/s1. The highest BCUT2D eigenvalue weighted by Crippen LogP contribution is 2.70. The molecule has 80 heavy (non-hydrogen) atoms. The van der Waals surface area contributed by atoms with Gasteiger partial charge in [0.2, 0.25) is 23.3 Å². The van der Waals surface area contributed by atoms with Gasteiger partial charge in [-0.1, -0.05) is 88.0 Å². The van der Waals surface area contributed by atoms with Gasteiger partial charge in [-0.2, -0.15) is 0 Å². The van der Waals surface area contributed by atoms with Gasteiger partial charge in [0.1, 0.15) is 23.9 Å². The molecule has 6 fully saturated rings. The zero-order chi connectivity index (χ0) is 57.2. The third-order valence-corrected chi connectivity index (χ3v) is 21.9. The highest BCUT2D eigenvalue weighted by Gasteiger charge is 2.72. The number of aliphatic hydroxyl groups is 4. The number of hydrogen-bond donors (Lipinski definition) is 4. The molecule has 12 rings (SSSR count). The molecule has 4 N–H and O–H groups in total. The van der Waals surface area contributed by atoms with Gasteiger partial charge in [0, 0.05) is 44.6 Å². The Balaban J connectivity index is 0.000000169. The molecule has 0 radical (unpaired) electrons. The number of allylic oxidation sites excluding steroid dienone is 8. The molecule has 0 amide bonds. The second kappa shape index (κ2) is 20.1. The number of hydrogen-bond acceptors (Lipinski definition) is 16. The number of fused-ring (bicyclic) bond motifs is 12. The van der Waals surface area contributed by atoms with E-state index in [9.17, 15) is 39.6 Å². The first-order valence-electron chi connectivity index (χ1n) is 27.9. The Bertz CT molecular complexity index is 3380. The molecular formula is C62H70Cl2N4O12. The summed E-state index contributed by atoms with van der Waals surface area (Å²) >= 11 is 12.5. The Hall–Kier alpha value is -5.62. The molecule has 16 atom stereocenters. The predicted molar refractivity (Wildman–Crippen MR) is 298 cm³/mol. The van der Waals surface area contributed by atoms with Crippen LogP contribution >= 0.6 is 23.2 Å². The first-order chi connectivity index (χ1) is 37.9. The van der Waals surface area contributed by atoms with Gasteiger partial charge >= 0.3 is 0 Å². The van der Waals surface area contributed by atoms with Crippen molar-refractivity contribution in [2.45, 2.75) is 116 Å². The molecule has 6 saturated carbocycles. The van der Waals surface area contributed by atoms with E-state index in [1.165, 1.54) is 19.8 Å². The molecule has 424 valence electrons. The smallest absolute Gasteiger partial charge is 0.225 e.